The summed E-state index contributed by atoms with van der Waals surface area (Å²) in [6, 6.07) is 8.90. The first-order valence-corrected chi connectivity index (χ1v) is 7.46. The number of carbonyl (C=O) groups is 1. The van der Waals surface area contributed by atoms with Crippen LogP contribution in [0.1, 0.15) is 18.1 Å². The van der Waals surface area contributed by atoms with E-state index < -0.39 is 0 Å². The molecule has 0 fully saturated rings. The Morgan fingerprint density at radius 3 is 2.67 bits per heavy atom. The number of anilines is 1. The van der Waals surface area contributed by atoms with Gasteiger partial charge in [0.25, 0.3) is 5.89 Å². The molecule has 7 nitrogen and oxygen atoms in total. The van der Waals surface area contributed by atoms with Gasteiger partial charge in [-0.05, 0) is 37.3 Å². The number of methoxy groups -OCH3 is 1. The van der Waals surface area contributed by atoms with Gasteiger partial charge >= 0.3 is 0 Å². The first-order chi connectivity index (χ1) is 11.7. The minimum atomic E-state index is -0.126. The molecule has 7 heteroatoms. The molecule has 2 aromatic heterocycles. The van der Waals surface area contributed by atoms with Crippen molar-refractivity contribution in [3.05, 3.63) is 48.2 Å². The fourth-order valence-corrected chi connectivity index (χ4v) is 2.19. The first kappa shape index (κ1) is 15.8. The molecular formula is C17H17N3O4. The molecule has 0 bridgehead atoms. The van der Waals surface area contributed by atoms with Crippen molar-refractivity contribution in [2.45, 2.75) is 19.8 Å². The van der Waals surface area contributed by atoms with Gasteiger partial charge in [0.1, 0.15) is 11.5 Å². The van der Waals surface area contributed by atoms with Crippen LogP contribution in [0.15, 0.2) is 45.4 Å². The number of aryl methyl sites for hydroxylation is 2. The maximum absolute atomic E-state index is 12.0. The van der Waals surface area contributed by atoms with Crippen molar-refractivity contribution in [3.63, 3.8) is 0 Å². The Morgan fingerprint density at radius 1 is 1.21 bits per heavy atom. The average Bonchev–Trinajstić information content (AvgIpc) is 3.22. The van der Waals surface area contributed by atoms with Crippen molar-refractivity contribution in [1.82, 2.24) is 10.2 Å². The predicted octanol–water partition coefficient (Wildman–Crippen LogP) is 3.22. The van der Waals surface area contributed by atoms with E-state index in [0.717, 1.165) is 11.3 Å². The van der Waals surface area contributed by atoms with Gasteiger partial charge in [0.2, 0.25) is 11.8 Å². The summed E-state index contributed by atoms with van der Waals surface area (Å²) in [6.07, 6.45) is 2.18. The number of amides is 1. The van der Waals surface area contributed by atoms with Gasteiger partial charge in [-0.1, -0.05) is 0 Å². The highest BCUT2D eigenvalue weighted by atomic mass is 16.5. The monoisotopic (exact) mass is 327 g/mol. The zero-order valence-corrected chi connectivity index (χ0v) is 13.4. The lowest BCUT2D eigenvalue weighted by atomic mass is 10.2. The molecule has 124 valence electrons. The summed E-state index contributed by atoms with van der Waals surface area (Å²) < 4.78 is 15.8. The molecule has 1 N–H and O–H groups in total. The van der Waals surface area contributed by atoms with Crippen LogP contribution in [0.3, 0.4) is 0 Å². The van der Waals surface area contributed by atoms with Crippen LogP contribution in [0.4, 0.5) is 5.69 Å². The molecule has 24 heavy (non-hydrogen) atoms. The Balaban J connectivity index is 1.54. The van der Waals surface area contributed by atoms with Crippen molar-refractivity contribution in [1.29, 1.82) is 0 Å². The van der Waals surface area contributed by atoms with E-state index >= 15 is 0 Å². The van der Waals surface area contributed by atoms with Gasteiger partial charge in [-0.25, -0.2) is 0 Å². The number of aromatic nitrogens is 2. The average molecular weight is 327 g/mol. The summed E-state index contributed by atoms with van der Waals surface area (Å²) >= 11 is 0. The molecule has 1 aromatic carbocycles. The molecule has 3 aromatic rings. The number of nitrogens with one attached hydrogen (secondary N) is 1. The van der Waals surface area contributed by atoms with Crippen molar-refractivity contribution in [3.8, 4) is 17.2 Å². The highest BCUT2D eigenvalue weighted by Gasteiger charge is 2.14. The number of hydrogen-bond donors (Lipinski definition) is 1. The minimum Gasteiger partial charge on any atom is -0.497 e. The Labute approximate surface area is 138 Å². The van der Waals surface area contributed by atoms with E-state index in [1.165, 1.54) is 0 Å². The Kier molecular flexibility index (Phi) is 4.60. The van der Waals surface area contributed by atoms with Crippen LogP contribution >= 0.6 is 0 Å². The number of furan rings is 1. The quantitative estimate of drug-likeness (QED) is 0.747. The molecule has 0 saturated heterocycles. The van der Waals surface area contributed by atoms with Gasteiger partial charge in [0.15, 0.2) is 0 Å². The Bertz CT molecular complexity index is 820. The fourth-order valence-electron chi connectivity index (χ4n) is 2.19. The first-order valence-electron chi connectivity index (χ1n) is 7.46. The maximum Gasteiger partial charge on any atom is 0.251 e. The predicted molar refractivity (Wildman–Crippen MR) is 86.7 cm³/mol. The molecule has 0 aliphatic rings. The van der Waals surface area contributed by atoms with Gasteiger partial charge in [0.05, 0.1) is 18.9 Å². The van der Waals surface area contributed by atoms with Crippen molar-refractivity contribution < 1.29 is 18.4 Å². The third-order valence-corrected chi connectivity index (χ3v) is 3.50. The second kappa shape index (κ2) is 6.99. The zero-order valence-electron chi connectivity index (χ0n) is 13.4. The molecule has 0 spiro atoms. The summed E-state index contributed by atoms with van der Waals surface area (Å²) in [5.41, 5.74) is 1.47. The molecule has 0 unspecified atom stereocenters. The summed E-state index contributed by atoms with van der Waals surface area (Å²) in [5, 5.41) is 10.7. The normalized spacial score (nSPS) is 10.6. The van der Waals surface area contributed by atoms with Crippen LogP contribution in [0.2, 0.25) is 0 Å². The number of hydrogen-bond acceptors (Lipinski definition) is 6. The van der Waals surface area contributed by atoms with Crippen molar-refractivity contribution in [2.75, 3.05) is 12.4 Å². The lowest BCUT2D eigenvalue weighted by Crippen LogP contribution is -2.12. The molecule has 2 heterocycles. The number of ether oxygens (including phenoxy) is 1. The number of nitrogens with zero attached hydrogens (tertiary/aromatic N) is 2. The van der Waals surface area contributed by atoms with Crippen molar-refractivity contribution >= 4 is 11.6 Å². The van der Waals surface area contributed by atoms with E-state index in [1.54, 1.807) is 43.7 Å². The second-order valence-corrected chi connectivity index (χ2v) is 5.17. The molecule has 1 amide bonds. The van der Waals surface area contributed by atoms with Crippen molar-refractivity contribution in [2.24, 2.45) is 0 Å². The largest absolute Gasteiger partial charge is 0.497 e. The van der Waals surface area contributed by atoms with Crippen LogP contribution < -0.4 is 10.1 Å². The Hall–Kier alpha value is -3.09. The summed E-state index contributed by atoms with van der Waals surface area (Å²) in [6.45, 7) is 1.82. The summed E-state index contributed by atoms with van der Waals surface area (Å²) in [5.74, 6) is 2.13. The lowest BCUT2D eigenvalue weighted by molar-refractivity contribution is -0.116. The molecular weight excluding hydrogens is 310 g/mol. The van der Waals surface area contributed by atoms with Crippen LogP contribution in [0, 0.1) is 6.92 Å². The minimum absolute atomic E-state index is 0.126. The number of carbonyl (C=O) groups excluding carboxylic acids is 1. The Morgan fingerprint density at radius 2 is 2.00 bits per heavy atom. The van der Waals surface area contributed by atoms with Crippen LogP contribution in [-0.2, 0) is 11.2 Å². The molecule has 0 radical (unpaired) electrons. The van der Waals surface area contributed by atoms with E-state index in [9.17, 15) is 4.79 Å². The maximum atomic E-state index is 12.0. The topological polar surface area (TPSA) is 90.4 Å². The van der Waals surface area contributed by atoms with E-state index in [1.807, 2.05) is 6.92 Å². The SMILES string of the molecule is COc1ccc(NC(=O)CCc2nnc(-c3ccoc3C)o2)cc1. The van der Waals surface area contributed by atoms with Gasteiger partial charge < -0.3 is 18.9 Å². The van der Waals surface area contributed by atoms with Gasteiger partial charge in [0, 0.05) is 18.5 Å². The molecule has 0 atom stereocenters. The highest BCUT2D eigenvalue weighted by molar-refractivity contribution is 5.90. The van der Waals surface area contributed by atoms with E-state index in [4.69, 9.17) is 13.6 Å². The number of benzene rings is 1. The van der Waals surface area contributed by atoms with Crippen LogP contribution in [0.5, 0.6) is 5.75 Å². The molecule has 0 aliphatic heterocycles. The van der Waals surface area contributed by atoms with E-state index in [2.05, 4.69) is 15.5 Å². The van der Waals surface area contributed by atoms with E-state index in [0.29, 0.717) is 29.6 Å². The summed E-state index contributed by atoms with van der Waals surface area (Å²) in [4.78, 5) is 12.0. The van der Waals surface area contributed by atoms with Gasteiger partial charge in [-0.3, -0.25) is 4.79 Å². The molecule has 3 rings (SSSR count). The molecule has 0 aliphatic carbocycles. The van der Waals surface area contributed by atoms with Crippen LogP contribution in [-0.4, -0.2) is 23.2 Å². The third-order valence-electron chi connectivity index (χ3n) is 3.50. The third kappa shape index (κ3) is 3.62. The standard InChI is InChI=1S/C17H17N3O4/c1-11-14(9-10-23-11)17-20-19-16(24-17)8-7-15(21)18-12-3-5-13(22-2)6-4-12/h3-6,9-10H,7-8H2,1-2H3,(H,18,21). The van der Waals surface area contributed by atoms with Gasteiger partial charge in [-0.2, -0.15) is 0 Å². The fraction of sp³-hybridized carbons (Fsp3) is 0.235. The zero-order chi connectivity index (χ0) is 16.9. The molecule has 0 saturated carbocycles. The smallest absolute Gasteiger partial charge is 0.251 e. The summed E-state index contributed by atoms with van der Waals surface area (Å²) in [7, 11) is 1.59. The van der Waals surface area contributed by atoms with E-state index in [-0.39, 0.29) is 12.3 Å². The second-order valence-electron chi connectivity index (χ2n) is 5.17. The number of rotatable bonds is 6. The highest BCUT2D eigenvalue weighted by Crippen LogP contribution is 2.23. The van der Waals surface area contributed by atoms with Gasteiger partial charge in [-0.15, -0.1) is 10.2 Å². The lowest BCUT2D eigenvalue weighted by Gasteiger charge is -2.05. The van der Waals surface area contributed by atoms with Crippen LogP contribution in [0.25, 0.3) is 11.5 Å².